The molecule has 0 aliphatic carbocycles. The molecule has 1 fully saturated rings. The van der Waals surface area contributed by atoms with Crippen molar-refractivity contribution in [3.63, 3.8) is 0 Å². The van der Waals surface area contributed by atoms with Gasteiger partial charge in [0.2, 0.25) is 0 Å². The fraction of sp³-hybridized carbons (Fsp3) is 0.300. The normalized spacial score (nSPS) is 16.7. The van der Waals surface area contributed by atoms with Crippen LogP contribution in [0, 0.1) is 18.7 Å². The third kappa shape index (κ3) is 3.72. The van der Waals surface area contributed by atoms with Crippen molar-refractivity contribution < 1.29 is 13.7 Å². The average molecular weight is 366 g/mol. The molecule has 1 aliphatic heterocycles. The van der Waals surface area contributed by atoms with E-state index in [4.69, 9.17) is 4.52 Å². The van der Waals surface area contributed by atoms with E-state index in [1.54, 1.807) is 24.4 Å². The first kappa shape index (κ1) is 17.3. The molecule has 1 atom stereocenters. The van der Waals surface area contributed by atoms with Gasteiger partial charge in [-0.05, 0) is 55.7 Å². The molecule has 1 unspecified atom stereocenters. The Morgan fingerprint density at radius 2 is 2.11 bits per heavy atom. The molecule has 0 radical (unpaired) electrons. The molecule has 3 heterocycles. The maximum absolute atomic E-state index is 13.0. The van der Waals surface area contributed by atoms with Crippen LogP contribution in [0.15, 0.2) is 47.1 Å². The van der Waals surface area contributed by atoms with Gasteiger partial charge in [-0.15, -0.1) is 0 Å². The quantitative estimate of drug-likeness (QED) is 0.708. The Labute approximate surface area is 156 Å². The van der Waals surface area contributed by atoms with Gasteiger partial charge in [-0.2, -0.15) is 4.98 Å². The summed E-state index contributed by atoms with van der Waals surface area (Å²) in [5.41, 5.74) is 2.08. The lowest BCUT2D eigenvalue weighted by molar-refractivity contribution is 0.0785. The van der Waals surface area contributed by atoms with E-state index in [1.807, 2.05) is 17.9 Å². The minimum absolute atomic E-state index is 0.0169. The summed E-state index contributed by atoms with van der Waals surface area (Å²) in [5.74, 6) is 0.971. The molecule has 27 heavy (non-hydrogen) atoms. The van der Waals surface area contributed by atoms with Crippen molar-refractivity contribution >= 4 is 5.91 Å². The van der Waals surface area contributed by atoms with Crippen molar-refractivity contribution in [3.05, 3.63) is 65.5 Å². The topological polar surface area (TPSA) is 72.1 Å². The van der Waals surface area contributed by atoms with Crippen molar-refractivity contribution in [3.8, 4) is 11.5 Å². The number of benzene rings is 1. The van der Waals surface area contributed by atoms with Crippen LogP contribution in [0.5, 0.6) is 0 Å². The molecule has 0 bridgehead atoms. The zero-order chi connectivity index (χ0) is 18.8. The number of aromatic nitrogens is 3. The second-order valence-electron chi connectivity index (χ2n) is 6.77. The highest BCUT2D eigenvalue weighted by Gasteiger charge is 2.29. The number of likely N-dealkylation sites (tertiary alicyclic amines) is 1. The molecule has 3 aromatic rings. The Balaban J connectivity index is 1.40. The van der Waals surface area contributed by atoms with E-state index in [1.165, 1.54) is 12.1 Å². The standard InChI is InChI=1S/C20H19FN4O2/c1-13-17(3-2-9-22-13)20(26)25-10-8-14(12-25)11-18-23-19(27-24-18)15-4-6-16(21)7-5-15/h2-7,9,14H,8,10-12H2,1H3. The predicted octanol–water partition coefficient (Wildman–Crippen LogP) is 3.28. The van der Waals surface area contributed by atoms with Crippen LogP contribution >= 0.6 is 0 Å². The molecular weight excluding hydrogens is 347 g/mol. The molecular formula is C20H19FN4O2. The van der Waals surface area contributed by atoms with E-state index < -0.39 is 0 Å². The molecule has 0 saturated carbocycles. The lowest BCUT2D eigenvalue weighted by Crippen LogP contribution is -2.29. The van der Waals surface area contributed by atoms with Gasteiger partial charge in [0.25, 0.3) is 11.8 Å². The zero-order valence-corrected chi connectivity index (χ0v) is 14.9. The van der Waals surface area contributed by atoms with Crippen LogP contribution in [-0.4, -0.2) is 39.0 Å². The Morgan fingerprint density at radius 3 is 2.89 bits per heavy atom. The van der Waals surface area contributed by atoms with Crippen LogP contribution in [0.1, 0.15) is 28.3 Å². The van der Waals surface area contributed by atoms with Crippen molar-refractivity contribution in [2.75, 3.05) is 13.1 Å². The van der Waals surface area contributed by atoms with Gasteiger partial charge < -0.3 is 9.42 Å². The number of halogens is 1. The van der Waals surface area contributed by atoms with Crippen molar-refractivity contribution in [1.29, 1.82) is 0 Å². The highest BCUT2D eigenvalue weighted by Crippen LogP contribution is 2.24. The molecule has 138 valence electrons. The molecule has 0 N–H and O–H groups in total. The molecule has 2 aromatic heterocycles. The van der Waals surface area contributed by atoms with Gasteiger partial charge in [0, 0.05) is 37.0 Å². The van der Waals surface area contributed by atoms with E-state index in [9.17, 15) is 9.18 Å². The monoisotopic (exact) mass is 366 g/mol. The zero-order valence-electron chi connectivity index (χ0n) is 14.9. The number of nitrogens with zero attached hydrogens (tertiary/aromatic N) is 4. The second-order valence-corrected chi connectivity index (χ2v) is 6.77. The number of hydrogen-bond acceptors (Lipinski definition) is 5. The summed E-state index contributed by atoms with van der Waals surface area (Å²) in [6.07, 6.45) is 3.22. The summed E-state index contributed by atoms with van der Waals surface area (Å²) in [6.45, 7) is 3.21. The molecule has 1 saturated heterocycles. The Kier molecular flexibility index (Phi) is 4.66. The second kappa shape index (κ2) is 7.26. The van der Waals surface area contributed by atoms with Gasteiger partial charge in [0.05, 0.1) is 5.56 Å². The summed E-state index contributed by atoms with van der Waals surface area (Å²) < 4.78 is 18.3. The van der Waals surface area contributed by atoms with Crippen LogP contribution < -0.4 is 0 Å². The molecule has 1 amide bonds. The minimum atomic E-state index is -0.307. The summed E-state index contributed by atoms with van der Waals surface area (Å²) in [4.78, 5) is 23.1. The van der Waals surface area contributed by atoms with Gasteiger partial charge >= 0.3 is 0 Å². The first-order chi connectivity index (χ1) is 13.1. The van der Waals surface area contributed by atoms with Crippen molar-refractivity contribution in [1.82, 2.24) is 20.0 Å². The lowest BCUT2D eigenvalue weighted by Gasteiger charge is -2.17. The van der Waals surface area contributed by atoms with E-state index in [2.05, 4.69) is 15.1 Å². The molecule has 7 heteroatoms. The molecule has 1 aliphatic rings. The van der Waals surface area contributed by atoms with Crippen molar-refractivity contribution in [2.45, 2.75) is 19.8 Å². The fourth-order valence-electron chi connectivity index (χ4n) is 3.37. The molecule has 1 aromatic carbocycles. The number of rotatable bonds is 4. The van der Waals surface area contributed by atoms with Gasteiger partial charge in [-0.25, -0.2) is 4.39 Å². The van der Waals surface area contributed by atoms with Crippen LogP contribution in [0.25, 0.3) is 11.5 Å². The highest BCUT2D eigenvalue weighted by atomic mass is 19.1. The van der Waals surface area contributed by atoms with Gasteiger partial charge in [-0.1, -0.05) is 5.16 Å². The largest absolute Gasteiger partial charge is 0.338 e. The summed E-state index contributed by atoms with van der Waals surface area (Å²) in [6, 6.07) is 9.54. The third-order valence-electron chi connectivity index (χ3n) is 4.84. The maximum atomic E-state index is 13.0. The first-order valence-corrected chi connectivity index (χ1v) is 8.89. The molecule has 4 rings (SSSR count). The summed E-state index contributed by atoms with van der Waals surface area (Å²) >= 11 is 0. The number of carbonyl (C=O) groups excluding carboxylic acids is 1. The number of aryl methyl sites for hydroxylation is 1. The number of pyridine rings is 1. The van der Waals surface area contributed by atoms with Crippen molar-refractivity contribution in [2.24, 2.45) is 5.92 Å². The Bertz CT molecular complexity index is 955. The third-order valence-corrected chi connectivity index (χ3v) is 4.84. The van der Waals surface area contributed by atoms with E-state index in [0.717, 1.165) is 12.1 Å². The van der Waals surface area contributed by atoms with Crippen LogP contribution in [0.2, 0.25) is 0 Å². The van der Waals surface area contributed by atoms with E-state index in [0.29, 0.717) is 42.4 Å². The van der Waals surface area contributed by atoms with Crippen LogP contribution in [0.3, 0.4) is 0 Å². The lowest BCUT2D eigenvalue weighted by atomic mass is 10.0. The van der Waals surface area contributed by atoms with Gasteiger partial charge in [0.1, 0.15) is 5.82 Å². The number of carbonyl (C=O) groups is 1. The maximum Gasteiger partial charge on any atom is 0.257 e. The van der Waals surface area contributed by atoms with Gasteiger partial charge in [-0.3, -0.25) is 9.78 Å². The average Bonchev–Trinajstić information content (AvgIpc) is 3.32. The first-order valence-electron chi connectivity index (χ1n) is 8.89. The van der Waals surface area contributed by atoms with E-state index in [-0.39, 0.29) is 17.6 Å². The smallest absolute Gasteiger partial charge is 0.257 e. The van der Waals surface area contributed by atoms with Crippen LogP contribution in [0.4, 0.5) is 4.39 Å². The Hall–Kier alpha value is -3.09. The number of amides is 1. The SMILES string of the molecule is Cc1ncccc1C(=O)N1CCC(Cc2noc(-c3ccc(F)cc3)n2)C1. The summed E-state index contributed by atoms with van der Waals surface area (Å²) in [5, 5.41) is 4.03. The highest BCUT2D eigenvalue weighted by molar-refractivity contribution is 5.95. The van der Waals surface area contributed by atoms with E-state index >= 15 is 0 Å². The molecule has 0 spiro atoms. The fourth-order valence-corrected chi connectivity index (χ4v) is 3.37. The number of hydrogen-bond donors (Lipinski definition) is 0. The minimum Gasteiger partial charge on any atom is -0.338 e. The Morgan fingerprint density at radius 1 is 1.30 bits per heavy atom. The molecule has 6 nitrogen and oxygen atoms in total. The predicted molar refractivity (Wildman–Crippen MR) is 96.4 cm³/mol. The summed E-state index contributed by atoms with van der Waals surface area (Å²) in [7, 11) is 0. The van der Waals surface area contributed by atoms with Gasteiger partial charge in [0.15, 0.2) is 5.82 Å². The van der Waals surface area contributed by atoms with Crippen LogP contribution in [-0.2, 0) is 6.42 Å².